The first-order valence-corrected chi connectivity index (χ1v) is 8.15. The van der Waals surface area contributed by atoms with Gasteiger partial charge in [0.25, 0.3) is 0 Å². The van der Waals surface area contributed by atoms with Gasteiger partial charge in [-0.25, -0.2) is 4.90 Å². The Morgan fingerprint density at radius 1 is 0.913 bits per heavy atom. The molecule has 114 valence electrons. The number of rotatable bonds is 1. The summed E-state index contributed by atoms with van der Waals surface area (Å²) in [6.45, 7) is 0. The Morgan fingerprint density at radius 3 is 2.22 bits per heavy atom. The number of fused-ring (bicyclic) bond motifs is 2. The first-order chi connectivity index (χ1) is 11.3. The van der Waals surface area contributed by atoms with E-state index in [1.54, 1.807) is 6.20 Å². The van der Waals surface area contributed by atoms with Crippen molar-refractivity contribution >= 4 is 28.4 Å². The number of allylic oxidation sites excluding steroid dienone is 2. The quantitative estimate of drug-likeness (QED) is 0.601. The number of nitrogens with zero attached hydrogens (tertiary/aromatic N) is 2. The molecule has 2 aromatic rings. The number of carbonyl (C=O) groups excluding carboxylic acids is 2. The number of amides is 2. The van der Waals surface area contributed by atoms with E-state index in [1.165, 1.54) is 4.90 Å². The van der Waals surface area contributed by atoms with Gasteiger partial charge in [0, 0.05) is 11.6 Å². The van der Waals surface area contributed by atoms with E-state index in [0.29, 0.717) is 5.69 Å². The van der Waals surface area contributed by atoms with Gasteiger partial charge < -0.3 is 0 Å². The average Bonchev–Trinajstić information content (AvgIpc) is 2.89. The number of anilines is 1. The van der Waals surface area contributed by atoms with Crippen molar-refractivity contribution in [3.8, 4) is 0 Å². The van der Waals surface area contributed by atoms with Crippen molar-refractivity contribution in [3.63, 3.8) is 0 Å². The SMILES string of the molecule is O=C1[C@@H]2[C@H](C(=O)N1c1cccc3cccnc13)[C@@H]1C=C[C@H]2CC1. The third-order valence-corrected chi connectivity index (χ3v) is 5.61. The molecule has 0 spiro atoms. The molecule has 0 unspecified atom stereocenters. The first kappa shape index (κ1) is 13.0. The van der Waals surface area contributed by atoms with Gasteiger partial charge in [0.15, 0.2) is 0 Å². The minimum atomic E-state index is -0.176. The summed E-state index contributed by atoms with van der Waals surface area (Å²) >= 11 is 0. The van der Waals surface area contributed by atoms with E-state index in [4.69, 9.17) is 0 Å². The molecule has 2 bridgehead atoms. The summed E-state index contributed by atoms with van der Waals surface area (Å²) in [6.07, 6.45) is 8.03. The highest BCUT2D eigenvalue weighted by atomic mass is 16.2. The zero-order valence-corrected chi connectivity index (χ0v) is 12.6. The molecule has 1 aromatic heterocycles. The van der Waals surface area contributed by atoms with Crippen LogP contribution in [0.25, 0.3) is 10.9 Å². The highest BCUT2D eigenvalue weighted by molar-refractivity contribution is 6.25. The lowest BCUT2D eigenvalue weighted by Gasteiger charge is -2.38. The summed E-state index contributed by atoms with van der Waals surface area (Å²) in [5, 5.41) is 0.946. The van der Waals surface area contributed by atoms with Gasteiger partial charge in [-0.05, 0) is 36.8 Å². The summed E-state index contributed by atoms with van der Waals surface area (Å²) in [6, 6.07) is 9.49. The Balaban J connectivity index is 1.67. The second-order valence-corrected chi connectivity index (χ2v) is 6.71. The fraction of sp³-hybridized carbons (Fsp3) is 0.316. The van der Waals surface area contributed by atoms with E-state index in [2.05, 4.69) is 17.1 Å². The number of imide groups is 1. The van der Waals surface area contributed by atoms with Crippen LogP contribution in [0.2, 0.25) is 0 Å². The smallest absolute Gasteiger partial charge is 0.238 e. The molecule has 2 heterocycles. The van der Waals surface area contributed by atoms with E-state index in [-0.39, 0.29) is 35.5 Å². The van der Waals surface area contributed by atoms with Gasteiger partial charge in [-0.2, -0.15) is 0 Å². The van der Waals surface area contributed by atoms with Crippen LogP contribution in [0, 0.1) is 23.7 Å². The van der Waals surface area contributed by atoms with Crippen molar-refractivity contribution in [2.24, 2.45) is 23.7 Å². The van der Waals surface area contributed by atoms with E-state index in [9.17, 15) is 9.59 Å². The van der Waals surface area contributed by atoms with Crippen molar-refractivity contribution in [1.29, 1.82) is 0 Å². The fourth-order valence-electron chi connectivity index (χ4n) is 4.58. The standard InChI is InChI=1S/C19H16N2O2/c22-18-15-11-6-7-12(9-8-11)16(15)19(23)21(18)14-5-1-3-13-4-2-10-20-17(13)14/h1-7,10-12,15-16H,8-9H2/t11-,12+,15-,16+. The molecule has 1 saturated heterocycles. The predicted molar refractivity (Wildman–Crippen MR) is 86.6 cm³/mol. The normalized spacial score (nSPS) is 31.9. The van der Waals surface area contributed by atoms with Crippen molar-refractivity contribution in [3.05, 3.63) is 48.7 Å². The Bertz CT molecular complexity index is 835. The van der Waals surface area contributed by atoms with E-state index in [0.717, 1.165) is 23.7 Å². The van der Waals surface area contributed by atoms with Crippen molar-refractivity contribution in [2.45, 2.75) is 12.8 Å². The molecule has 0 radical (unpaired) electrons. The molecule has 1 saturated carbocycles. The molecule has 4 nitrogen and oxygen atoms in total. The number of benzene rings is 1. The lowest BCUT2D eigenvalue weighted by molar-refractivity contribution is -0.124. The molecule has 0 N–H and O–H groups in total. The van der Waals surface area contributed by atoms with Gasteiger partial charge in [0.05, 0.1) is 23.0 Å². The van der Waals surface area contributed by atoms with Crippen molar-refractivity contribution in [2.75, 3.05) is 4.90 Å². The van der Waals surface area contributed by atoms with Gasteiger partial charge in [-0.15, -0.1) is 0 Å². The van der Waals surface area contributed by atoms with Gasteiger partial charge in [-0.3, -0.25) is 14.6 Å². The number of para-hydroxylation sites is 1. The van der Waals surface area contributed by atoms with E-state index in [1.807, 2.05) is 30.3 Å². The highest BCUT2D eigenvalue weighted by Crippen LogP contribution is 2.50. The maximum Gasteiger partial charge on any atom is 0.238 e. The number of pyridine rings is 1. The number of carbonyl (C=O) groups is 2. The summed E-state index contributed by atoms with van der Waals surface area (Å²) in [4.78, 5) is 31.9. The van der Waals surface area contributed by atoms with Gasteiger partial charge in [0.1, 0.15) is 0 Å². The lowest BCUT2D eigenvalue weighted by atomic mass is 9.63. The predicted octanol–water partition coefficient (Wildman–Crippen LogP) is 2.94. The first-order valence-electron chi connectivity index (χ1n) is 8.15. The van der Waals surface area contributed by atoms with Crippen LogP contribution in [0.15, 0.2) is 48.7 Å². The number of aromatic nitrogens is 1. The third kappa shape index (κ3) is 1.63. The fourth-order valence-corrected chi connectivity index (χ4v) is 4.58. The second-order valence-electron chi connectivity index (χ2n) is 6.71. The van der Waals surface area contributed by atoms with Crippen LogP contribution in [0.4, 0.5) is 5.69 Å². The van der Waals surface area contributed by atoms with Gasteiger partial charge >= 0.3 is 0 Å². The van der Waals surface area contributed by atoms with Crippen molar-refractivity contribution in [1.82, 2.24) is 4.98 Å². The Hall–Kier alpha value is -2.49. The van der Waals surface area contributed by atoms with Gasteiger partial charge in [-0.1, -0.05) is 30.4 Å². The molecule has 1 aliphatic heterocycles. The number of hydrogen-bond acceptors (Lipinski definition) is 3. The van der Waals surface area contributed by atoms with Crippen molar-refractivity contribution < 1.29 is 9.59 Å². The summed E-state index contributed by atoms with van der Waals surface area (Å²) in [7, 11) is 0. The summed E-state index contributed by atoms with van der Waals surface area (Å²) in [5.74, 6) is -0.00591. The molecular formula is C19H16N2O2. The summed E-state index contributed by atoms with van der Waals surface area (Å²) in [5.41, 5.74) is 1.35. The number of hydrogen-bond donors (Lipinski definition) is 0. The molecular weight excluding hydrogens is 288 g/mol. The topological polar surface area (TPSA) is 50.3 Å². The maximum absolute atomic E-state index is 13.0. The van der Waals surface area contributed by atoms with Crippen LogP contribution in [-0.4, -0.2) is 16.8 Å². The van der Waals surface area contributed by atoms with Crippen LogP contribution in [0.1, 0.15) is 12.8 Å². The Kier molecular flexibility index (Phi) is 2.55. The maximum atomic E-state index is 13.0. The molecule has 4 atom stereocenters. The molecule has 4 heteroatoms. The Labute approximate surface area is 133 Å². The van der Waals surface area contributed by atoms with Crippen LogP contribution < -0.4 is 4.90 Å². The zero-order chi connectivity index (χ0) is 15.6. The second kappa shape index (κ2) is 4.51. The van der Waals surface area contributed by atoms with E-state index < -0.39 is 0 Å². The zero-order valence-electron chi connectivity index (χ0n) is 12.6. The molecule has 3 aliphatic carbocycles. The molecule has 4 aliphatic rings. The molecule has 23 heavy (non-hydrogen) atoms. The van der Waals surface area contributed by atoms with Gasteiger partial charge in [0.2, 0.25) is 11.8 Å². The van der Waals surface area contributed by atoms with Crippen LogP contribution in [-0.2, 0) is 9.59 Å². The summed E-state index contributed by atoms with van der Waals surface area (Å²) < 4.78 is 0. The van der Waals surface area contributed by atoms with E-state index >= 15 is 0 Å². The monoisotopic (exact) mass is 304 g/mol. The molecule has 2 fully saturated rings. The molecule has 6 rings (SSSR count). The average molecular weight is 304 g/mol. The third-order valence-electron chi connectivity index (χ3n) is 5.61. The Morgan fingerprint density at radius 2 is 1.57 bits per heavy atom. The minimum Gasteiger partial charge on any atom is -0.274 e. The molecule has 2 amide bonds. The molecule has 1 aromatic carbocycles. The minimum absolute atomic E-state index is 0.0443. The highest BCUT2D eigenvalue weighted by Gasteiger charge is 2.57. The van der Waals surface area contributed by atoms with Crippen LogP contribution >= 0.6 is 0 Å². The lowest BCUT2D eigenvalue weighted by Crippen LogP contribution is -2.38. The largest absolute Gasteiger partial charge is 0.274 e. The van der Waals surface area contributed by atoms with Crippen LogP contribution in [0.3, 0.4) is 0 Å². The van der Waals surface area contributed by atoms with Crippen LogP contribution in [0.5, 0.6) is 0 Å².